The molecule has 1 fully saturated rings. The van der Waals surface area contributed by atoms with Crippen LogP contribution in [0.25, 0.3) is 10.8 Å². The Hall–Kier alpha value is -2.60. The molecule has 0 saturated carbocycles. The SMILES string of the molecule is CCCCCCCCn1cc(CCCCOc2ccc3cc(N4CCOCC4)ccc3c2)nn1. The number of ether oxygens (including phenoxy) is 2. The van der Waals surface area contributed by atoms with Crippen LogP contribution in [0.4, 0.5) is 5.69 Å². The van der Waals surface area contributed by atoms with Gasteiger partial charge in [0.2, 0.25) is 0 Å². The Morgan fingerprint density at radius 1 is 0.882 bits per heavy atom. The zero-order valence-corrected chi connectivity index (χ0v) is 20.8. The molecular weight excluding hydrogens is 424 g/mol. The number of fused-ring (bicyclic) bond motifs is 1. The van der Waals surface area contributed by atoms with Crippen LogP contribution in [0.1, 0.15) is 64.0 Å². The number of morpholine rings is 1. The first kappa shape index (κ1) is 24.5. The fourth-order valence-corrected chi connectivity index (χ4v) is 4.53. The van der Waals surface area contributed by atoms with Crippen molar-refractivity contribution in [2.75, 3.05) is 37.8 Å². The van der Waals surface area contributed by atoms with Crippen molar-refractivity contribution in [2.45, 2.75) is 71.3 Å². The average molecular weight is 465 g/mol. The van der Waals surface area contributed by atoms with Crippen LogP contribution in [-0.2, 0) is 17.7 Å². The third-order valence-corrected chi connectivity index (χ3v) is 6.59. The summed E-state index contributed by atoms with van der Waals surface area (Å²) in [5, 5.41) is 11.1. The second kappa shape index (κ2) is 13.3. The molecule has 6 nitrogen and oxygen atoms in total. The minimum absolute atomic E-state index is 0.725. The lowest BCUT2D eigenvalue weighted by Gasteiger charge is -2.29. The summed E-state index contributed by atoms with van der Waals surface area (Å²) in [6.45, 7) is 7.50. The molecule has 2 aromatic carbocycles. The Morgan fingerprint density at radius 2 is 1.68 bits per heavy atom. The van der Waals surface area contributed by atoms with Crippen LogP contribution in [0.5, 0.6) is 5.75 Å². The number of benzene rings is 2. The Labute approximate surface area is 204 Å². The molecule has 34 heavy (non-hydrogen) atoms. The van der Waals surface area contributed by atoms with Gasteiger partial charge in [0.15, 0.2) is 0 Å². The van der Waals surface area contributed by atoms with Gasteiger partial charge in [0, 0.05) is 31.5 Å². The summed E-state index contributed by atoms with van der Waals surface area (Å²) in [6, 6.07) is 13.1. The van der Waals surface area contributed by atoms with Gasteiger partial charge in [-0.05, 0) is 60.7 Å². The third kappa shape index (κ3) is 7.45. The lowest BCUT2D eigenvalue weighted by atomic mass is 10.1. The van der Waals surface area contributed by atoms with E-state index in [0.29, 0.717) is 0 Å². The molecule has 3 aromatic rings. The standard InChI is InChI=1S/C28H40N4O2/c1-2-3-4-5-6-8-15-32-23-26(29-30-32)10-7-9-18-34-28-14-12-24-21-27(13-11-25(24)22-28)31-16-19-33-20-17-31/h11-14,21-23H,2-10,15-20H2,1H3. The van der Waals surface area contributed by atoms with Crippen molar-refractivity contribution in [3.8, 4) is 5.75 Å². The van der Waals surface area contributed by atoms with Crippen LogP contribution in [0, 0.1) is 0 Å². The molecule has 1 aliphatic rings. The first-order chi connectivity index (χ1) is 16.8. The minimum atomic E-state index is 0.725. The molecule has 0 unspecified atom stereocenters. The maximum absolute atomic E-state index is 6.03. The largest absolute Gasteiger partial charge is 0.494 e. The maximum atomic E-state index is 6.03. The summed E-state index contributed by atoms with van der Waals surface area (Å²) >= 11 is 0. The van der Waals surface area contributed by atoms with Crippen LogP contribution in [-0.4, -0.2) is 47.9 Å². The fourth-order valence-electron chi connectivity index (χ4n) is 4.53. The second-order valence-corrected chi connectivity index (χ2v) is 9.34. The molecule has 6 heteroatoms. The van der Waals surface area contributed by atoms with Crippen LogP contribution in [0.2, 0.25) is 0 Å². The van der Waals surface area contributed by atoms with Crippen LogP contribution >= 0.6 is 0 Å². The van der Waals surface area contributed by atoms with Crippen molar-refractivity contribution in [2.24, 2.45) is 0 Å². The van der Waals surface area contributed by atoms with Gasteiger partial charge in [0.25, 0.3) is 0 Å². The molecule has 0 amide bonds. The first-order valence-electron chi connectivity index (χ1n) is 13.2. The van der Waals surface area contributed by atoms with Gasteiger partial charge in [-0.2, -0.15) is 0 Å². The van der Waals surface area contributed by atoms with Gasteiger partial charge >= 0.3 is 0 Å². The maximum Gasteiger partial charge on any atom is 0.119 e. The van der Waals surface area contributed by atoms with E-state index in [-0.39, 0.29) is 0 Å². The van der Waals surface area contributed by atoms with E-state index >= 15 is 0 Å². The van der Waals surface area contributed by atoms with Crippen molar-refractivity contribution >= 4 is 16.5 Å². The van der Waals surface area contributed by atoms with E-state index in [9.17, 15) is 0 Å². The van der Waals surface area contributed by atoms with E-state index in [0.717, 1.165) is 70.2 Å². The predicted molar refractivity (Wildman–Crippen MR) is 139 cm³/mol. The molecule has 1 aromatic heterocycles. The Balaban J connectivity index is 1.14. The highest BCUT2D eigenvalue weighted by Crippen LogP contribution is 2.26. The minimum Gasteiger partial charge on any atom is -0.494 e. The van der Waals surface area contributed by atoms with Crippen molar-refractivity contribution in [1.82, 2.24) is 15.0 Å². The topological polar surface area (TPSA) is 52.4 Å². The monoisotopic (exact) mass is 464 g/mol. The number of aromatic nitrogens is 3. The van der Waals surface area contributed by atoms with Gasteiger partial charge in [0.05, 0.1) is 25.5 Å². The van der Waals surface area contributed by atoms with E-state index in [1.807, 2.05) is 4.68 Å². The molecule has 1 aliphatic heterocycles. The molecule has 4 rings (SSSR count). The van der Waals surface area contributed by atoms with E-state index in [1.165, 1.54) is 55.0 Å². The third-order valence-electron chi connectivity index (χ3n) is 6.59. The quantitative estimate of drug-likeness (QED) is 0.273. The molecule has 0 spiro atoms. The Bertz CT molecular complexity index is 997. The zero-order valence-electron chi connectivity index (χ0n) is 20.8. The highest BCUT2D eigenvalue weighted by Gasteiger charge is 2.11. The zero-order chi connectivity index (χ0) is 23.4. The van der Waals surface area contributed by atoms with Gasteiger partial charge in [-0.25, -0.2) is 0 Å². The van der Waals surface area contributed by atoms with E-state index < -0.39 is 0 Å². The van der Waals surface area contributed by atoms with Crippen molar-refractivity contribution in [1.29, 1.82) is 0 Å². The van der Waals surface area contributed by atoms with E-state index in [1.54, 1.807) is 0 Å². The number of rotatable bonds is 14. The summed E-state index contributed by atoms with van der Waals surface area (Å²) < 4.78 is 13.5. The van der Waals surface area contributed by atoms with E-state index in [2.05, 4.69) is 64.7 Å². The smallest absolute Gasteiger partial charge is 0.119 e. The van der Waals surface area contributed by atoms with Gasteiger partial charge in [-0.3, -0.25) is 4.68 Å². The summed E-state index contributed by atoms with van der Waals surface area (Å²) in [6.07, 6.45) is 13.0. The highest BCUT2D eigenvalue weighted by atomic mass is 16.5. The van der Waals surface area contributed by atoms with Gasteiger partial charge in [-0.15, -0.1) is 5.10 Å². The molecule has 0 radical (unpaired) electrons. The number of hydrogen-bond acceptors (Lipinski definition) is 5. The molecule has 2 heterocycles. The Kier molecular flexibility index (Phi) is 9.61. The molecule has 0 atom stereocenters. The molecule has 0 N–H and O–H groups in total. The highest BCUT2D eigenvalue weighted by molar-refractivity contribution is 5.87. The summed E-state index contributed by atoms with van der Waals surface area (Å²) in [5.74, 6) is 0.941. The lowest BCUT2D eigenvalue weighted by molar-refractivity contribution is 0.122. The Morgan fingerprint density at radius 3 is 2.56 bits per heavy atom. The van der Waals surface area contributed by atoms with Gasteiger partial charge < -0.3 is 14.4 Å². The van der Waals surface area contributed by atoms with Crippen LogP contribution in [0.3, 0.4) is 0 Å². The molecule has 0 bridgehead atoms. The summed E-state index contributed by atoms with van der Waals surface area (Å²) in [4.78, 5) is 2.39. The number of hydrogen-bond donors (Lipinski definition) is 0. The second-order valence-electron chi connectivity index (χ2n) is 9.34. The van der Waals surface area contributed by atoms with Crippen molar-refractivity contribution < 1.29 is 9.47 Å². The lowest BCUT2D eigenvalue weighted by Crippen LogP contribution is -2.36. The van der Waals surface area contributed by atoms with Crippen molar-refractivity contribution in [3.63, 3.8) is 0 Å². The van der Waals surface area contributed by atoms with Gasteiger partial charge in [0.1, 0.15) is 5.75 Å². The normalized spacial score (nSPS) is 14.1. The molecule has 1 saturated heterocycles. The van der Waals surface area contributed by atoms with Crippen LogP contribution < -0.4 is 9.64 Å². The van der Waals surface area contributed by atoms with Crippen LogP contribution in [0.15, 0.2) is 42.6 Å². The number of nitrogens with zero attached hydrogens (tertiary/aromatic N) is 4. The predicted octanol–water partition coefficient (Wildman–Crippen LogP) is 6.03. The number of anilines is 1. The molecule has 0 aliphatic carbocycles. The van der Waals surface area contributed by atoms with Gasteiger partial charge in [-0.1, -0.05) is 56.4 Å². The first-order valence-corrected chi connectivity index (χ1v) is 13.2. The molecular formula is C28H40N4O2. The number of unbranched alkanes of at least 4 members (excludes halogenated alkanes) is 6. The molecule has 184 valence electrons. The number of aryl methyl sites for hydroxylation is 2. The summed E-state index contributed by atoms with van der Waals surface area (Å²) in [5.41, 5.74) is 2.36. The van der Waals surface area contributed by atoms with Crippen molar-refractivity contribution in [3.05, 3.63) is 48.3 Å². The average Bonchev–Trinajstić information content (AvgIpc) is 3.33. The fraction of sp³-hybridized carbons (Fsp3) is 0.571. The summed E-state index contributed by atoms with van der Waals surface area (Å²) in [7, 11) is 0. The van der Waals surface area contributed by atoms with E-state index in [4.69, 9.17) is 9.47 Å².